The maximum atomic E-state index is 13.2. The van der Waals surface area contributed by atoms with Gasteiger partial charge in [-0.1, -0.05) is 90.4 Å². The predicted molar refractivity (Wildman–Crippen MR) is 190 cm³/mol. The molecule has 0 atom stereocenters. The van der Waals surface area contributed by atoms with Crippen molar-refractivity contribution in [2.45, 2.75) is 103 Å². The molecule has 3 aromatic carbocycles. The van der Waals surface area contributed by atoms with E-state index in [4.69, 9.17) is 0 Å². The van der Waals surface area contributed by atoms with Crippen LogP contribution in [0.3, 0.4) is 0 Å². The average molecular weight is 675 g/mol. The van der Waals surface area contributed by atoms with E-state index < -0.39 is 27.6 Å². The summed E-state index contributed by atoms with van der Waals surface area (Å²) in [6.07, 6.45) is 16.8. The van der Waals surface area contributed by atoms with E-state index in [0.717, 1.165) is 25.7 Å². The van der Waals surface area contributed by atoms with Gasteiger partial charge in [-0.25, -0.2) is 4.79 Å². The van der Waals surface area contributed by atoms with Gasteiger partial charge in [-0.3, -0.25) is 29.8 Å². The monoisotopic (exact) mass is 674 g/mol. The molecule has 0 aliphatic rings. The first-order valence-corrected chi connectivity index (χ1v) is 17.1. The topological polar surface area (TPSA) is 182 Å². The number of carboxylic acids is 1. The van der Waals surface area contributed by atoms with Gasteiger partial charge in [-0.05, 0) is 54.8 Å². The van der Waals surface area contributed by atoms with Crippen molar-refractivity contribution in [2.24, 2.45) is 0 Å². The summed E-state index contributed by atoms with van der Waals surface area (Å²) >= 11 is 0. The summed E-state index contributed by atoms with van der Waals surface area (Å²) in [5, 5.41) is 37.5. The molecule has 0 fully saturated rings. The van der Waals surface area contributed by atoms with E-state index in [-0.39, 0.29) is 39.4 Å². The SMILES string of the molecule is CCCCCCCCCCCCCCCCc1c(NC(=O)c2ccc([N+](=O)[O-])cc2)cc(NC(=O)c2ccc([N+](=O)[O-])cc2)cc1C(=O)O. The van der Waals surface area contributed by atoms with Crippen LogP contribution in [0.15, 0.2) is 60.7 Å². The molecule has 3 aromatic rings. The number of nitrogens with one attached hydrogen (secondary N) is 2. The number of carbonyl (C=O) groups excluding carboxylic acids is 2. The van der Waals surface area contributed by atoms with Gasteiger partial charge in [0.05, 0.1) is 15.4 Å². The minimum absolute atomic E-state index is 0.0878. The Morgan fingerprint density at radius 1 is 0.612 bits per heavy atom. The molecular formula is C37H46N4O8. The zero-order valence-electron chi connectivity index (χ0n) is 28.1. The van der Waals surface area contributed by atoms with Crippen molar-refractivity contribution in [1.29, 1.82) is 0 Å². The molecule has 0 radical (unpaired) electrons. The van der Waals surface area contributed by atoms with Crippen molar-refractivity contribution in [1.82, 2.24) is 0 Å². The van der Waals surface area contributed by atoms with Crippen LogP contribution in [0.4, 0.5) is 22.7 Å². The average Bonchev–Trinajstić information content (AvgIpc) is 3.08. The third-order valence-corrected chi connectivity index (χ3v) is 8.45. The van der Waals surface area contributed by atoms with Crippen LogP contribution in [0.5, 0.6) is 0 Å². The molecule has 0 saturated heterocycles. The molecule has 0 saturated carbocycles. The van der Waals surface area contributed by atoms with Crippen molar-refractivity contribution in [3.8, 4) is 0 Å². The molecular weight excluding hydrogens is 628 g/mol. The van der Waals surface area contributed by atoms with Gasteiger partial charge < -0.3 is 15.7 Å². The van der Waals surface area contributed by atoms with E-state index in [1.807, 2.05) is 0 Å². The third kappa shape index (κ3) is 12.8. The lowest BCUT2D eigenvalue weighted by atomic mass is 9.97. The number of unbranched alkanes of at least 4 members (excludes halogenated alkanes) is 13. The molecule has 0 aromatic heterocycles. The zero-order chi connectivity index (χ0) is 35.6. The van der Waals surface area contributed by atoms with E-state index in [1.54, 1.807) is 0 Å². The van der Waals surface area contributed by atoms with Gasteiger partial charge in [0.25, 0.3) is 23.2 Å². The number of aromatic carboxylic acids is 1. The molecule has 0 unspecified atom stereocenters. The number of carboxylic acid groups (broad SMARTS) is 1. The molecule has 0 aliphatic heterocycles. The Bertz CT molecular complexity index is 1570. The quantitative estimate of drug-likeness (QED) is 0.0534. The molecule has 12 nitrogen and oxygen atoms in total. The zero-order valence-corrected chi connectivity index (χ0v) is 28.1. The van der Waals surface area contributed by atoms with Crippen molar-refractivity contribution >= 4 is 40.5 Å². The minimum Gasteiger partial charge on any atom is -0.478 e. The maximum absolute atomic E-state index is 13.2. The Labute approximate surface area is 286 Å². The van der Waals surface area contributed by atoms with E-state index >= 15 is 0 Å². The number of nitrogens with zero attached hydrogens (tertiary/aromatic N) is 2. The van der Waals surface area contributed by atoms with Crippen LogP contribution in [0, 0.1) is 20.2 Å². The number of nitro groups is 2. The van der Waals surface area contributed by atoms with Gasteiger partial charge in [-0.2, -0.15) is 0 Å². The Morgan fingerprint density at radius 3 is 1.43 bits per heavy atom. The van der Waals surface area contributed by atoms with Gasteiger partial charge >= 0.3 is 5.97 Å². The molecule has 2 amide bonds. The molecule has 0 heterocycles. The summed E-state index contributed by atoms with van der Waals surface area (Å²) in [4.78, 5) is 59.5. The Kier molecular flexibility index (Phi) is 15.9. The molecule has 3 rings (SSSR count). The fourth-order valence-corrected chi connectivity index (χ4v) is 5.68. The number of hydrogen-bond acceptors (Lipinski definition) is 7. The highest BCUT2D eigenvalue weighted by Crippen LogP contribution is 2.29. The van der Waals surface area contributed by atoms with E-state index in [9.17, 15) is 39.7 Å². The van der Waals surface area contributed by atoms with Crippen LogP contribution in [0.2, 0.25) is 0 Å². The number of nitro benzene ring substituents is 2. The second-order valence-corrected chi connectivity index (χ2v) is 12.2. The van der Waals surface area contributed by atoms with Gasteiger partial charge in [0.15, 0.2) is 0 Å². The molecule has 3 N–H and O–H groups in total. The van der Waals surface area contributed by atoms with Crippen LogP contribution in [-0.4, -0.2) is 32.7 Å². The van der Waals surface area contributed by atoms with Gasteiger partial charge in [0.2, 0.25) is 0 Å². The van der Waals surface area contributed by atoms with Crippen molar-refractivity contribution in [3.63, 3.8) is 0 Å². The first-order valence-electron chi connectivity index (χ1n) is 17.1. The van der Waals surface area contributed by atoms with Crippen molar-refractivity contribution in [2.75, 3.05) is 10.6 Å². The van der Waals surface area contributed by atoms with Crippen LogP contribution in [0.25, 0.3) is 0 Å². The Hall–Kier alpha value is -5.13. The number of benzene rings is 3. The minimum atomic E-state index is -1.24. The highest BCUT2D eigenvalue weighted by Gasteiger charge is 2.20. The van der Waals surface area contributed by atoms with Crippen LogP contribution in [-0.2, 0) is 6.42 Å². The van der Waals surface area contributed by atoms with Gasteiger partial charge in [0, 0.05) is 46.8 Å². The predicted octanol–water partition coefficient (Wildman–Crippen LogP) is 9.73. The second kappa shape index (κ2) is 20.3. The van der Waals surface area contributed by atoms with Crippen molar-refractivity contribution in [3.05, 3.63) is 103 Å². The largest absolute Gasteiger partial charge is 0.478 e. The lowest BCUT2D eigenvalue weighted by Crippen LogP contribution is -2.17. The summed E-state index contributed by atoms with van der Waals surface area (Å²) in [6, 6.07) is 12.8. The molecule has 0 aliphatic carbocycles. The third-order valence-electron chi connectivity index (χ3n) is 8.45. The molecule has 12 heteroatoms. The fourth-order valence-electron chi connectivity index (χ4n) is 5.68. The normalized spacial score (nSPS) is 10.8. The maximum Gasteiger partial charge on any atom is 0.336 e. The molecule has 0 spiro atoms. The lowest BCUT2D eigenvalue weighted by molar-refractivity contribution is -0.385. The fraction of sp³-hybridized carbons (Fsp3) is 0.432. The summed E-state index contributed by atoms with van der Waals surface area (Å²) in [5.41, 5.74) is 0.482. The molecule has 262 valence electrons. The number of amides is 2. The van der Waals surface area contributed by atoms with Crippen LogP contribution in [0.1, 0.15) is 133 Å². The first kappa shape index (κ1) is 38.3. The number of hydrogen-bond donors (Lipinski definition) is 3. The highest BCUT2D eigenvalue weighted by atomic mass is 16.6. The first-order chi connectivity index (χ1) is 23.6. The summed E-state index contributed by atoms with van der Waals surface area (Å²) in [6.45, 7) is 2.23. The lowest BCUT2D eigenvalue weighted by Gasteiger charge is -2.17. The van der Waals surface area contributed by atoms with E-state index in [2.05, 4.69) is 17.6 Å². The van der Waals surface area contributed by atoms with Crippen molar-refractivity contribution < 1.29 is 29.3 Å². The number of non-ortho nitro benzene ring substituents is 2. The number of carbonyl (C=O) groups is 3. The standard InChI is InChI=1S/C37H46N4O8/c1-2-3-4-5-6-7-8-9-10-11-12-13-14-15-16-32-33(37(44)45)25-29(38-35(42)27-17-21-30(22-18-27)40(46)47)26-34(32)39-36(43)28-19-23-31(24-20-28)41(48)49/h17-26H,2-16H2,1H3,(H,38,42)(H,39,43)(H,44,45). The number of rotatable bonds is 22. The van der Waals surface area contributed by atoms with Crippen LogP contribution >= 0.6 is 0 Å². The van der Waals surface area contributed by atoms with E-state index in [0.29, 0.717) is 18.4 Å². The smallest absolute Gasteiger partial charge is 0.336 e. The van der Waals surface area contributed by atoms with Gasteiger partial charge in [0.1, 0.15) is 0 Å². The highest BCUT2D eigenvalue weighted by molar-refractivity contribution is 6.08. The Morgan fingerprint density at radius 2 is 1.02 bits per heavy atom. The number of anilines is 2. The second-order valence-electron chi connectivity index (χ2n) is 12.2. The summed E-state index contributed by atoms with van der Waals surface area (Å²) in [5.74, 6) is -2.47. The Balaban J connectivity index is 1.68. The molecule has 0 bridgehead atoms. The molecule has 49 heavy (non-hydrogen) atoms. The van der Waals surface area contributed by atoms with Crippen LogP contribution < -0.4 is 10.6 Å². The summed E-state index contributed by atoms with van der Waals surface area (Å²) < 4.78 is 0. The van der Waals surface area contributed by atoms with Gasteiger partial charge in [-0.15, -0.1) is 0 Å². The summed E-state index contributed by atoms with van der Waals surface area (Å²) in [7, 11) is 0. The van der Waals surface area contributed by atoms with E-state index in [1.165, 1.54) is 118 Å².